The molecule has 2 N–H and O–H groups in total. The Balaban J connectivity index is 0.978. The number of carbonyl (C=O) groups excluding carboxylic acids is 2. The monoisotopic (exact) mass is 876 g/mol. The van der Waals surface area contributed by atoms with Gasteiger partial charge < -0.3 is 38.7 Å². The molecule has 0 saturated carbocycles. The van der Waals surface area contributed by atoms with Crippen LogP contribution >= 0.6 is 23.2 Å². The van der Waals surface area contributed by atoms with Gasteiger partial charge in [0.05, 0.1) is 15.7 Å². The van der Waals surface area contributed by atoms with Crippen LogP contribution in [0.2, 0.25) is 10.0 Å². The van der Waals surface area contributed by atoms with Crippen LogP contribution in [0.25, 0.3) is 0 Å². The number of carboxylic acids is 1. The fourth-order valence-electron chi connectivity index (χ4n) is 7.45. The quantitative estimate of drug-likeness (QED) is 0.121. The van der Waals surface area contributed by atoms with E-state index >= 15 is 0 Å². The number of aryl methyl sites for hydroxylation is 3. The number of benzene rings is 4. The van der Waals surface area contributed by atoms with Crippen LogP contribution in [0, 0.1) is 27.7 Å². The summed E-state index contributed by atoms with van der Waals surface area (Å²) < 4.78 is 30.4. The molecule has 0 saturated heterocycles. The zero-order valence-electron chi connectivity index (χ0n) is 34.2. The van der Waals surface area contributed by atoms with E-state index in [4.69, 9.17) is 46.6 Å². The average molecular weight is 878 g/mol. The van der Waals surface area contributed by atoms with E-state index in [1.54, 1.807) is 62.5 Å². The number of pyridine rings is 1. The lowest BCUT2D eigenvalue weighted by molar-refractivity contribution is -0.142. The van der Waals surface area contributed by atoms with Crippen molar-refractivity contribution in [2.45, 2.75) is 71.9 Å². The van der Waals surface area contributed by atoms with Gasteiger partial charge in [0.1, 0.15) is 42.5 Å². The number of fused-ring (bicyclic) bond motifs is 2. The zero-order chi connectivity index (χ0) is 43.7. The van der Waals surface area contributed by atoms with E-state index in [9.17, 15) is 19.5 Å². The lowest BCUT2D eigenvalue weighted by Crippen LogP contribution is -2.56. The van der Waals surface area contributed by atoms with Crippen molar-refractivity contribution in [3.05, 3.63) is 158 Å². The number of aliphatic carboxylic acids is 1. The third kappa shape index (κ3) is 9.19. The van der Waals surface area contributed by atoms with E-state index in [0.717, 1.165) is 33.5 Å². The van der Waals surface area contributed by atoms with Crippen molar-refractivity contribution in [3.8, 4) is 28.7 Å². The summed E-state index contributed by atoms with van der Waals surface area (Å²) in [4.78, 5) is 50.9. The summed E-state index contributed by atoms with van der Waals surface area (Å²) in [5.41, 5.74) is 6.04. The number of amides is 2. The molecule has 318 valence electrons. The van der Waals surface area contributed by atoms with Crippen LogP contribution in [-0.2, 0) is 35.6 Å². The molecule has 0 unspecified atom stereocenters. The van der Waals surface area contributed by atoms with Crippen molar-refractivity contribution in [2.75, 3.05) is 6.61 Å². The van der Waals surface area contributed by atoms with E-state index in [2.05, 4.69) is 15.3 Å². The number of nitrogens with zero attached hydrogens (tertiary/aromatic N) is 3. The summed E-state index contributed by atoms with van der Waals surface area (Å²) in [6.45, 7) is 7.66. The lowest BCUT2D eigenvalue weighted by atomic mass is 9.91. The minimum absolute atomic E-state index is 0.0000362. The molecule has 13 nitrogen and oxygen atoms in total. The highest BCUT2D eigenvalue weighted by molar-refractivity contribution is 6.42. The predicted molar refractivity (Wildman–Crippen MR) is 229 cm³/mol. The Kier molecular flexibility index (Phi) is 12.1. The molecule has 4 heterocycles. The fourth-order valence-corrected chi connectivity index (χ4v) is 7.77. The number of aromatic nitrogens is 2. The molecular weight excluding hydrogens is 835 g/mol. The topological polar surface area (TPSA) is 163 Å². The number of halogens is 2. The third-order valence-electron chi connectivity index (χ3n) is 11.0. The zero-order valence-corrected chi connectivity index (χ0v) is 35.8. The Morgan fingerprint density at radius 3 is 2.31 bits per heavy atom. The van der Waals surface area contributed by atoms with Crippen molar-refractivity contribution in [1.82, 2.24) is 20.2 Å². The van der Waals surface area contributed by atoms with Crippen molar-refractivity contribution >= 4 is 41.0 Å². The van der Waals surface area contributed by atoms with Crippen LogP contribution in [0.15, 0.2) is 95.5 Å². The van der Waals surface area contributed by atoms with Gasteiger partial charge in [0.2, 0.25) is 11.7 Å². The first-order chi connectivity index (χ1) is 29.8. The molecule has 0 aliphatic carbocycles. The molecule has 0 bridgehead atoms. The number of hydrogen-bond donors (Lipinski definition) is 2. The van der Waals surface area contributed by atoms with E-state index < -0.39 is 36.0 Å². The second-order valence-electron chi connectivity index (χ2n) is 15.3. The van der Waals surface area contributed by atoms with E-state index in [1.165, 1.54) is 4.90 Å². The Bertz CT molecular complexity index is 2670. The molecule has 2 amide bonds. The van der Waals surface area contributed by atoms with Gasteiger partial charge in [0.15, 0.2) is 23.5 Å². The van der Waals surface area contributed by atoms with Crippen molar-refractivity contribution in [3.63, 3.8) is 0 Å². The number of rotatable bonds is 12. The molecule has 6 aromatic rings. The minimum Gasteiger partial charge on any atom is -0.489 e. The van der Waals surface area contributed by atoms with Crippen molar-refractivity contribution < 1.29 is 42.9 Å². The highest BCUT2D eigenvalue weighted by atomic mass is 35.5. The van der Waals surface area contributed by atoms with Gasteiger partial charge in [-0.3, -0.25) is 14.6 Å². The first-order valence-corrected chi connectivity index (χ1v) is 20.6. The number of nitrogens with one attached hydrogen (secondary N) is 1. The van der Waals surface area contributed by atoms with Crippen LogP contribution in [0.4, 0.5) is 0 Å². The maximum atomic E-state index is 14.2. The van der Waals surface area contributed by atoms with Gasteiger partial charge in [0.25, 0.3) is 5.91 Å². The molecular formula is C47H42Cl2N4O9. The van der Waals surface area contributed by atoms with Crippen LogP contribution in [0.1, 0.15) is 67.3 Å². The van der Waals surface area contributed by atoms with Gasteiger partial charge in [-0.25, -0.2) is 9.78 Å². The van der Waals surface area contributed by atoms with Crippen molar-refractivity contribution in [2.24, 2.45) is 0 Å². The molecule has 2 aliphatic heterocycles. The van der Waals surface area contributed by atoms with Gasteiger partial charge in [-0.1, -0.05) is 53.5 Å². The molecule has 2 aliphatic rings. The molecule has 2 aromatic heterocycles. The smallest absolute Gasteiger partial charge is 0.326 e. The highest BCUT2D eigenvalue weighted by Gasteiger charge is 2.40. The standard InChI is InChI=1S/C47H42Cl2N4O9/c1-25-26(2)50-16-15-40(25)61-35-10-5-29(6-11-35)18-38(47(56)57)52-45(54)39-19-32-20-41-42(21-33(32)22-53(39)46(55)44-27(3)51-28(4)60-44)62-43(24-59-41)31-8-12-34(13-9-31)58-23-30-7-14-36(48)37(49)17-30/h5-17,20-21,38-39,43H,18-19,22-24H2,1-4H3,(H,52,54)(H,56,57)/t38-,39-,43+/m0/s1. The summed E-state index contributed by atoms with van der Waals surface area (Å²) >= 11 is 12.2. The van der Waals surface area contributed by atoms with E-state index in [-0.39, 0.29) is 31.8 Å². The number of carboxylic acid groups (broad SMARTS) is 1. The Hall–Kier alpha value is -6.57. The summed E-state index contributed by atoms with van der Waals surface area (Å²) in [7, 11) is 0. The fraction of sp³-hybridized carbons (Fsp3) is 0.255. The number of ether oxygens (including phenoxy) is 4. The molecule has 4 aromatic carbocycles. The summed E-state index contributed by atoms with van der Waals surface area (Å²) in [6.07, 6.45) is 1.30. The average Bonchev–Trinajstić information content (AvgIpc) is 3.61. The Labute approximate surface area is 367 Å². The number of oxazole rings is 1. The molecule has 0 spiro atoms. The normalized spacial score (nSPS) is 15.9. The second kappa shape index (κ2) is 17.8. The molecule has 0 fully saturated rings. The number of hydrogen-bond acceptors (Lipinski definition) is 10. The predicted octanol–water partition coefficient (Wildman–Crippen LogP) is 8.87. The van der Waals surface area contributed by atoms with Crippen LogP contribution in [0.3, 0.4) is 0 Å². The Morgan fingerprint density at radius 1 is 0.871 bits per heavy atom. The highest BCUT2D eigenvalue weighted by Crippen LogP contribution is 2.41. The Morgan fingerprint density at radius 2 is 1.60 bits per heavy atom. The maximum Gasteiger partial charge on any atom is 0.326 e. The molecule has 0 radical (unpaired) electrons. The summed E-state index contributed by atoms with van der Waals surface area (Å²) in [5.74, 6) is 0.760. The largest absolute Gasteiger partial charge is 0.489 e. The number of carbonyl (C=O) groups is 3. The van der Waals surface area contributed by atoms with Gasteiger partial charge in [0, 0.05) is 43.8 Å². The molecule has 8 rings (SSSR count). The van der Waals surface area contributed by atoms with E-state index in [0.29, 0.717) is 62.5 Å². The van der Waals surface area contributed by atoms with Crippen LogP contribution in [-0.4, -0.2) is 56.4 Å². The van der Waals surface area contributed by atoms with Gasteiger partial charge >= 0.3 is 5.97 Å². The van der Waals surface area contributed by atoms with E-state index in [1.807, 2.05) is 56.3 Å². The summed E-state index contributed by atoms with van der Waals surface area (Å²) in [5, 5.41) is 13.9. The molecule has 3 atom stereocenters. The van der Waals surface area contributed by atoms with Crippen LogP contribution < -0.4 is 24.3 Å². The SMILES string of the molecule is Cc1nc(C)c(C(=O)N2Cc3cc4c(cc3C[C@H]2C(=O)N[C@@H](Cc2ccc(Oc3ccnc(C)c3C)cc2)C(=O)O)OC[C@H](c2ccc(OCc3ccc(Cl)c(Cl)c3)cc2)O4)o1. The van der Waals surface area contributed by atoms with Gasteiger partial charge in [-0.05, 0) is 103 Å². The summed E-state index contributed by atoms with van der Waals surface area (Å²) in [6, 6.07) is 22.9. The maximum absolute atomic E-state index is 14.2. The minimum atomic E-state index is -1.30. The molecule has 15 heteroatoms. The lowest BCUT2D eigenvalue weighted by Gasteiger charge is -2.37. The second-order valence-corrected chi connectivity index (χ2v) is 16.1. The first kappa shape index (κ1) is 42.1. The third-order valence-corrected chi connectivity index (χ3v) is 11.7. The molecule has 62 heavy (non-hydrogen) atoms. The van der Waals surface area contributed by atoms with Gasteiger partial charge in [-0.2, -0.15) is 0 Å². The van der Waals surface area contributed by atoms with Crippen molar-refractivity contribution in [1.29, 1.82) is 0 Å². The van der Waals surface area contributed by atoms with Gasteiger partial charge in [-0.15, -0.1) is 0 Å². The first-order valence-electron chi connectivity index (χ1n) is 19.9. The van der Waals surface area contributed by atoms with Crippen LogP contribution in [0.5, 0.6) is 28.7 Å².